The summed E-state index contributed by atoms with van der Waals surface area (Å²) in [5, 5.41) is 30.8. The lowest BCUT2D eigenvalue weighted by Crippen LogP contribution is -1.97. The van der Waals surface area contributed by atoms with E-state index in [2.05, 4.69) is 11.3 Å². The molecule has 0 rings (SSSR count). The first-order chi connectivity index (χ1) is 7.33. The highest BCUT2D eigenvalue weighted by Crippen LogP contribution is 1.81. The van der Waals surface area contributed by atoms with Crippen LogP contribution in [0.3, 0.4) is 0 Å². The molecule has 4 N–H and O–H groups in total. The first kappa shape index (κ1) is 19.9. The smallest absolute Gasteiger partial charge is 0.478 e. The average molecular weight is 238 g/mol. The fourth-order valence-electron chi connectivity index (χ4n) is 0.123. The molecule has 7 nitrogen and oxygen atoms in total. The van der Waals surface area contributed by atoms with Crippen LogP contribution in [0.5, 0.6) is 0 Å². The second-order valence-electron chi connectivity index (χ2n) is 2.23. The van der Waals surface area contributed by atoms with Gasteiger partial charge >= 0.3 is 12.1 Å². The molecule has 0 aliphatic heterocycles. The first-order valence-corrected chi connectivity index (χ1v) is 4.29. The highest BCUT2D eigenvalue weighted by Gasteiger charge is 1.90. The van der Waals surface area contributed by atoms with Gasteiger partial charge in [-0.15, -0.1) is 0 Å². The molecule has 0 saturated carbocycles. The maximum atomic E-state index is 9.60. The van der Waals surface area contributed by atoms with Crippen molar-refractivity contribution in [3.8, 4) is 0 Å². The van der Waals surface area contributed by atoms with Gasteiger partial charge in [-0.25, -0.2) is 9.59 Å². The fourth-order valence-corrected chi connectivity index (χ4v) is 0.123. The van der Waals surface area contributed by atoms with Gasteiger partial charge in [-0.1, -0.05) is 6.58 Å². The molecule has 0 atom stereocenters. The van der Waals surface area contributed by atoms with Crippen LogP contribution < -0.4 is 0 Å². The molecule has 0 unspecified atom stereocenters. The molecule has 0 bridgehead atoms. The van der Waals surface area contributed by atoms with Gasteiger partial charge in [-0.3, -0.25) is 0 Å². The Hall–Kier alpha value is -1.60. The van der Waals surface area contributed by atoms with E-state index in [9.17, 15) is 9.59 Å². The third-order valence-electron chi connectivity index (χ3n) is 0.733. The standard InChI is InChI=1S/C4H6O2.C3H6O3.C2H6O2/c1-3(2)4(5)6;1-2-6-3(4)5;3-1-2-4/h1H2,2H3,(H,5,6);2H2,1H3,(H,4,5);3-4H,1-2H2. The number of carboxylic acid groups (broad SMARTS) is 2. The van der Waals surface area contributed by atoms with E-state index in [1.807, 2.05) is 0 Å². The lowest BCUT2D eigenvalue weighted by atomic mass is 10.4. The predicted molar refractivity (Wildman–Crippen MR) is 56.3 cm³/mol. The molecule has 0 aromatic rings. The van der Waals surface area contributed by atoms with Crippen LogP contribution >= 0.6 is 0 Å². The van der Waals surface area contributed by atoms with E-state index in [4.69, 9.17) is 20.4 Å². The van der Waals surface area contributed by atoms with Gasteiger partial charge in [0, 0.05) is 5.57 Å². The Morgan fingerprint density at radius 3 is 1.50 bits per heavy atom. The van der Waals surface area contributed by atoms with Crippen molar-refractivity contribution in [2.75, 3.05) is 19.8 Å². The monoisotopic (exact) mass is 238 g/mol. The summed E-state index contributed by atoms with van der Waals surface area (Å²) in [5.74, 6) is -0.935. The Morgan fingerprint density at radius 1 is 1.19 bits per heavy atom. The lowest BCUT2D eigenvalue weighted by Gasteiger charge is -1.87. The minimum absolute atomic E-state index is 0.125. The fraction of sp³-hybridized carbons (Fsp3) is 0.556. The van der Waals surface area contributed by atoms with E-state index in [1.54, 1.807) is 6.92 Å². The Balaban J connectivity index is -0.000000162. The first-order valence-electron chi connectivity index (χ1n) is 4.29. The third-order valence-corrected chi connectivity index (χ3v) is 0.733. The molecule has 0 amide bonds. The van der Waals surface area contributed by atoms with E-state index < -0.39 is 12.1 Å². The van der Waals surface area contributed by atoms with E-state index in [1.165, 1.54) is 6.92 Å². The Bertz CT molecular complexity index is 186. The van der Waals surface area contributed by atoms with Gasteiger partial charge in [0.2, 0.25) is 0 Å². The molecule has 0 spiro atoms. The van der Waals surface area contributed by atoms with Gasteiger partial charge in [0.05, 0.1) is 19.8 Å². The van der Waals surface area contributed by atoms with Crippen LogP contribution in [0.2, 0.25) is 0 Å². The number of hydrogen-bond donors (Lipinski definition) is 4. The van der Waals surface area contributed by atoms with Crippen LogP contribution in [0.4, 0.5) is 4.79 Å². The number of aliphatic carboxylic acids is 1. The number of ether oxygens (including phenoxy) is 1. The Kier molecular flexibility index (Phi) is 19.7. The third kappa shape index (κ3) is 39.3. The van der Waals surface area contributed by atoms with Crippen LogP contribution in [0.1, 0.15) is 13.8 Å². The molecule has 0 aliphatic carbocycles. The number of carboxylic acids is 1. The van der Waals surface area contributed by atoms with E-state index in [0.717, 1.165) is 0 Å². The summed E-state index contributed by atoms with van der Waals surface area (Å²) in [6.07, 6.45) is -1.21. The minimum atomic E-state index is -1.21. The van der Waals surface area contributed by atoms with Gasteiger partial charge in [-0.2, -0.15) is 0 Å². The number of carbonyl (C=O) groups is 2. The summed E-state index contributed by atoms with van der Waals surface area (Å²) in [7, 11) is 0. The van der Waals surface area contributed by atoms with Crippen molar-refractivity contribution >= 4 is 12.1 Å². The van der Waals surface area contributed by atoms with Crippen LogP contribution in [0, 0.1) is 0 Å². The zero-order chi connectivity index (χ0) is 13.6. The van der Waals surface area contributed by atoms with Crippen molar-refractivity contribution in [3.63, 3.8) is 0 Å². The van der Waals surface area contributed by atoms with Crippen molar-refractivity contribution in [1.29, 1.82) is 0 Å². The largest absolute Gasteiger partial charge is 0.505 e. The minimum Gasteiger partial charge on any atom is -0.478 e. The van der Waals surface area contributed by atoms with Crippen LogP contribution in [0.25, 0.3) is 0 Å². The molecule has 7 heteroatoms. The van der Waals surface area contributed by atoms with Crippen molar-refractivity contribution < 1.29 is 34.8 Å². The second-order valence-corrected chi connectivity index (χ2v) is 2.23. The van der Waals surface area contributed by atoms with Crippen molar-refractivity contribution in [1.82, 2.24) is 0 Å². The Labute approximate surface area is 93.6 Å². The van der Waals surface area contributed by atoms with Crippen molar-refractivity contribution in [2.45, 2.75) is 13.8 Å². The number of rotatable bonds is 3. The van der Waals surface area contributed by atoms with Crippen molar-refractivity contribution in [2.24, 2.45) is 0 Å². The maximum Gasteiger partial charge on any atom is 0.505 e. The quantitative estimate of drug-likeness (QED) is 0.412. The van der Waals surface area contributed by atoms with Gasteiger partial charge < -0.3 is 25.2 Å². The summed E-state index contributed by atoms with van der Waals surface area (Å²) in [6.45, 7) is 6.20. The van der Waals surface area contributed by atoms with Gasteiger partial charge in [-0.05, 0) is 13.8 Å². The maximum absolute atomic E-state index is 9.60. The molecule has 16 heavy (non-hydrogen) atoms. The molecule has 0 fully saturated rings. The summed E-state index contributed by atoms with van der Waals surface area (Å²) < 4.78 is 3.96. The van der Waals surface area contributed by atoms with E-state index in [0.29, 0.717) is 0 Å². The summed E-state index contributed by atoms with van der Waals surface area (Å²) in [5.41, 5.74) is 0.176. The molecule has 0 aromatic carbocycles. The summed E-state index contributed by atoms with van der Waals surface area (Å²) in [4.78, 5) is 19.0. The van der Waals surface area contributed by atoms with Crippen LogP contribution in [0.15, 0.2) is 12.2 Å². The summed E-state index contributed by atoms with van der Waals surface area (Å²) >= 11 is 0. The number of aliphatic hydroxyl groups excluding tert-OH is 2. The number of aliphatic hydroxyl groups is 2. The molecule has 0 radical (unpaired) electrons. The zero-order valence-corrected chi connectivity index (χ0v) is 9.34. The molecular formula is C9H18O7. The zero-order valence-electron chi connectivity index (χ0n) is 9.34. The predicted octanol–water partition coefficient (Wildman–Crippen LogP) is 0.319. The molecule has 0 saturated heterocycles. The van der Waals surface area contributed by atoms with E-state index in [-0.39, 0.29) is 25.4 Å². The topological polar surface area (TPSA) is 124 Å². The van der Waals surface area contributed by atoms with Gasteiger partial charge in [0.1, 0.15) is 0 Å². The highest BCUT2D eigenvalue weighted by molar-refractivity contribution is 5.84. The van der Waals surface area contributed by atoms with Crippen LogP contribution in [-0.4, -0.2) is 52.4 Å². The van der Waals surface area contributed by atoms with Crippen LogP contribution in [-0.2, 0) is 9.53 Å². The normalized spacial score (nSPS) is 7.50. The highest BCUT2D eigenvalue weighted by atomic mass is 16.7. The van der Waals surface area contributed by atoms with Gasteiger partial charge in [0.25, 0.3) is 0 Å². The molecule has 96 valence electrons. The molecule has 0 aromatic heterocycles. The lowest BCUT2D eigenvalue weighted by molar-refractivity contribution is -0.132. The molecule has 0 aliphatic rings. The second kappa shape index (κ2) is 15.9. The average Bonchev–Trinajstić information content (AvgIpc) is 2.18. The van der Waals surface area contributed by atoms with E-state index >= 15 is 0 Å². The SMILES string of the molecule is C=C(C)C(=O)O.CCOC(=O)O.OCCO. The molecule has 0 heterocycles. The number of hydrogen-bond acceptors (Lipinski definition) is 5. The molecular weight excluding hydrogens is 220 g/mol. The van der Waals surface area contributed by atoms with Crippen molar-refractivity contribution in [3.05, 3.63) is 12.2 Å². The summed E-state index contributed by atoms with van der Waals surface area (Å²) in [6, 6.07) is 0. The van der Waals surface area contributed by atoms with Gasteiger partial charge in [0.15, 0.2) is 0 Å². The Morgan fingerprint density at radius 2 is 1.50 bits per heavy atom.